The fourth-order valence-corrected chi connectivity index (χ4v) is 1.69. The van der Waals surface area contributed by atoms with Gasteiger partial charge in [0.2, 0.25) is 0 Å². The van der Waals surface area contributed by atoms with Crippen molar-refractivity contribution in [2.24, 2.45) is 5.10 Å². The van der Waals surface area contributed by atoms with Crippen molar-refractivity contribution < 1.29 is 14.3 Å². The van der Waals surface area contributed by atoms with E-state index in [4.69, 9.17) is 9.47 Å². The van der Waals surface area contributed by atoms with E-state index in [0.717, 1.165) is 11.3 Å². The third kappa shape index (κ3) is 4.07. The lowest BCUT2D eigenvalue weighted by atomic mass is 10.2. The molecule has 0 atom stereocenters. The van der Waals surface area contributed by atoms with E-state index < -0.39 is 0 Å². The second-order valence-corrected chi connectivity index (χ2v) is 4.20. The Morgan fingerprint density at radius 1 is 1.05 bits per heavy atom. The van der Waals surface area contributed by atoms with Crippen LogP contribution in [0.15, 0.2) is 53.6 Å². The molecule has 2 aromatic carbocycles. The summed E-state index contributed by atoms with van der Waals surface area (Å²) in [7, 11) is 3.18. The maximum absolute atomic E-state index is 11.9. The summed E-state index contributed by atoms with van der Waals surface area (Å²) in [6.07, 6.45) is 1.56. The van der Waals surface area contributed by atoms with Crippen LogP contribution in [0.4, 0.5) is 0 Å². The highest BCUT2D eigenvalue weighted by Gasteiger charge is 2.03. The Morgan fingerprint density at radius 3 is 2.43 bits per heavy atom. The highest BCUT2D eigenvalue weighted by molar-refractivity contribution is 5.95. The zero-order valence-corrected chi connectivity index (χ0v) is 11.9. The molecule has 0 aliphatic heterocycles. The number of amides is 1. The molecule has 108 valence electrons. The van der Waals surface area contributed by atoms with Gasteiger partial charge in [-0.25, -0.2) is 5.43 Å². The molecule has 0 unspecified atom stereocenters. The Morgan fingerprint density at radius 2 is 1.76 bits per heavy atom. The number of nitrogens with zero attached hydrogens (tertiary/aromatic N) is 1. The van der Waals surface area contributed by atoms with Gasteiger partial charge >= 0.3 is 0 Å². The van der Waals surface area contributed by atoms with Crippen LogP contribution in [-0.4, -0.2) is 26.3 Å². The number of ether oxygens (including phenoxy) is 2. The molecule has 0 saturated heterocycles. The van der Waals surface area contributed by atoms with Gasteiger partial charge in [0.15, 0.2) is 0 Å². The number of nitrogens with one attached hydrogen (secondary N) is 1. The lowest BCUT2D eigenvalue weighted by molar-refractivity contribution is 0.0955. The first-order chi connectivity index (χ1) is 10.2. The molecule has 5 nitrogen and oxygen atoms in total. The van der Waals surface area contributed by atoms with Crippen molar-refractivity contribution in [3.63, 3.8) is 0 Å². The van der Waals surface area contributed by atoms with Crippen LogP contribution in [0.5, 0.6) is 11.5 Å². The molecule has 5 heteroatoms. The molecule has 1 amide bonds. The Balaban J connectivity index is 1.97. The first kappa shape index (κ1) is 14.6. The summed E-state index contributed by atoms with van der Waals surface area (Å²) in [6, 6.07) is 14.2. The zero-order chi connectivity index (χ0) is 15.1. The molecular formula is C16H16N2O3. The molecule has 21 heavy (non-hydrogen) atoms. The van der Waals surface area contributed by atoms with E-state index in [1.165, 1.54) is 0 Å². The lowest BCUT2D eigenvalue weighted by Gasteiger charge is -2.02. The fourth-order valence-electron chi connectivity index (χ4n) is 1.69. The molecule has 0 spiro atoms. The molecule has 2 aromatic rings. The maximum atomic E-state index is 11.9. The standard InChI is InChI=1S/C16H16N2O3/c1-20-14-8-6-13(7-9-14)16(19)18-17-11-12-4-3-5-15(10-12)21-2/h3-11H,1-2H3,(H,18,19)/b17-11-. The van der Waals surface area contributed by atoms with Crippen molar-refractivity contribution in [2.45, 2.75) is 0 Å². The highest BCUT2D eigenvalue weighted by atomic mass is 16.5. The third-order valence-corrected chi connectivity index (χ3v) is 2.83. The number of methoxy groups -OCH3 is 2. The number of hydrazone groups is 1. The summed E-state index contributed by atoms with van der Waals surface area (Å²) in [4.78, 5) is 11.9. The summed E-state index contributed by atoms with van der Waals surface area (Å²) in [6.45, 7) is 0. The van der Waals surface area contributed by atoms with Crippen LogP contribution in [0.25, 0.3) is 0 Å². The summed E-state index contributed by atoms with van der Waals surface area (Å²) in [5.41, 5.74) is 3.82. The summed E-state index contributed by atoms with van der Waals surface area (Å²) in [5, 5.41) is 3.92. The van der Waals surface area contributed by atoms with Crippen LogP contribution >= 0.6 is 0 Å². The van der Waals surface area contributed by atoms with E-state index in [2.05, 4.69) is 10.5 Å². The second kappa shape index (κ2) is 7.09. The molecule has 0 radical (unpaired) electrons. The van der Waals surface area contributed by atoms with Gasteiger partial charge in [0.1, 0.15) is 11.5 Å². The Labute approximate surface area is 123 Å². The van der Waals surface area contributed by atoms with E-state index in [1.54, 1.807) is 44.7 Å². The number of hydrogen-bond donors (Lipinski definition) is 1. The van der Waals surface area contributed by atoms with E-state index in [0.29, 0.717) is 11.3 Å². The van der Waals surface area contributed by atoms with Gasteiger partial charge in [-0.15, -0.1) is 0 Å². The van der Waals surface area contributed by atoms with Crippen LogP contribution in [-0.2, 0) is 0 Å². The minimum Gasteiger partial charge on any atom is -0.497 e. The van der Waals surface area contributed by atoms with Gasteiger partial charge in [-0.05, 0) is 42.0 Å². The van der Waals surface area contributed by atoms with Gasteiger partial charge in [-0.1, -0.05) is 12.1 Å². The quantitative estimate of drug-likeness (QED) is 0.677. The van der Waals surface area contributed by atoms with E-state index in [9.17, 15) is 4.79 Å². The SMILES string of the molecule is COc1ccc(C(=O)N/N=C\c2cccc(OC)c2)cc1. The van der Waals surface area contributed by atoms with Crippen molar-refractivity contribution in [3.8, 4) is 11.5 Å². The lowest BCUT2D eigenvalue weighted by Crippen LogP contribution is -2.17. The average molecular weight is 284 g/mol. The topological polar surface area (TPSA) is 59.9 Å². The predicted octanol–water partition coefficient (Wildman–Crippen LogP) is 2.47. The molecule has 1 N–H and O–H groups in total. The van der Waals surface area contributed by atoms with Crippen LogP contribution in [0.1, 0.15) is 15.9 Å². The minimum absolute atomic E-state index is 0.281. The van der Waals surface area contributed by atoms with Gasteiger partial charge in [0.05, 0.1) is 20.4 Å². The van der Waals surface area contributed by atoms with Crippen LogP contribution in [0.2, 0.25) is 0 Å². The molecule has 0 fully saturated rings. The Hall–Kier alpha value is -2.82. The van der Waals surface area contributed by atoms with Crippen molar-refractivity contribution >= 4 is 12.1 Å². The summed E-state index contributed by atoms with van der Waals surface area (Å²) >= 11 is 0. The molecule has 0 saturated carbocycles. The number of benzene rings is 2. The summed E-state index contributed by atoms with van der Waals surface area (Å²) in [5.74, 6) is 1.16. The van der Waals surface area contributed by atoms with Crippen LogP contribution < -0.4 is 14.9 Å². The molecule has 0 aliphatic rings. The predicted molar refractivity (Wildman–Crippen MR) is 81.0 cm³/mol. The Kier molecular flexibility index (Phi) is 4.93. The van der Waals surface area contributed by atoms with Gasteiger partial charge < -0.3 is 9.47 Å². The smallest absolute Gasteiger partial charge is 0.271 e. The zero-order valence-electron chi connectivity index (χ0n) is 11.9. The third-order valence-electron chi connectivity index (χ3n) is 2.83. The van der Waals surface area contributed by atoms with Crippen LogP contribution in [0, 0.1) is 0 Å². The van der Waals surface area contributed by atoms with Crippen molar-refractivity contribution in [2.75, 3.05) is 14.2 Å². The van der Waals surface area contributed by atoms with Crippen molar-refractivity contribution in [3.05, 3.63) is 59.7 Å². The van der Waals surface area contributed by atoms with Gasteiger partial charge in [0.25, 0.3) is 5.91 Å². The van der Waals surface area contributed by atoms with E-state index >= 15 is 0 Å². The van der Waals surface area contributed by atoms with E-state index in [-0.39, 0.29) is 5.91 Å². The molecule has 2 rings (SSSR count). The van der Waals surface area contributed by atoms with E-state index in [1.807, 2.05) is 24.3 Å². The van der Waals surface area contributed by atoms with Crippen molar-refractivity contribution in [1.29, 1.82) is 0 Å². The summed E-state index contributed by atoms with van der Waals surface area (Å²) < 4.78 is 10.1. The van der Waals surface area contributed by atoms with Crippen molar-refractivity contribution in [1.82, 2.24) is 5.43 Å². The average Bonchev–Trinajstić information content (AvgIpc) is 2.55. The van der Waals surface area contributed by atoms with Gasteiger partial charge in [0, 0.05) is 5.56 Å². The molecule has 0 heterocycles. The number of carbonyl (C=O) groups is 1. The highest BCUT2D eigenvalue weighted by Crippen LogP contribution is 2.12. The maximum Gasteiger partial charge on any atom is 0.271 e. The monoisotopic (exact) mass is 284 g/mol. The minimum atomic E-state index is -0.281. The first-order valence-corrected chi connectivity index (χ1v) is 6.34. The second-order valence-electron chi connectivity index (χ2n) is 4.20. The largest absolute Gasteiger partial charge is 0.497 e. The fraction of sp³-hybridized carbons (Fsp3) is 0.125. The van der Waals surface area contributed by atoms with Gasteiger partial charge in [-0.2, -0.15) is 5.10 Å². The molecule has 0 bridgehead atoms. The number of rotatable bonds is 5. The Bertz CT molecular complexity index is 636. The molecule has 0 aromatic heterocycles. The normalized spacial score (nSPS) is 10.4. The first-order valence-electron chi connectivity index (χ1n) is 6.34. The van der Waals surface area contributed by atoms with Gasteiger partial charge in [-0.3, -0.25) is 4.79 Å². The molecule has 0 aliphatic carbocycles. The number of carbonyl (C=O) groups excluding carboxylic acids is 1. The molecular weight excluding hydrogens is 268 g/mol. The van der Waals surface area contributed by atoms with Crippen LogP contribution in [0.3, 0.4) is 0 Å². The number of hydrogen-bond acceptors (Lipinski definition) is 4.